The second kappa shape index (κ2) is 13.5. The Balaban J connectivity index is 0.00000364. The summed E-state index contributed by atoms with van der Waals surface area (Å²) in [7, 11) is 0. The van der Waals surface area contributed by atoms with Crippen LogP contribution in [0.5, 0.6) is 0 Å². The molecule has 0 aliphatic heterocycles. The van der Waals surface area contributed by atoms with Crippen molar-refractivity contribution in [3.63, 3.8) is 0 Å². The first-order valence-corrected chi connectivity index (χ1v) is 9.14. The Labute approximate surface area is 178 Å². The van der Waals surface area contributed by atoms with Crippen LogP contribution >= 0.6 is 24.0 Å². The van der Waals surface area contributed by atoms with Crippen LogP contribution in [0, 0.1) is 5.82 Å². The largest absolute Gasteiger partial charge is 0.377 e. The maximum Gasteiger partial charge on any atom is 0.191 e. The predicted molar refractivity (Wildman–Crippen MR) is 120 cm³/mol. The van der Waals surface area contributed by atoms with Gasteiger partial charge in [-0.05, 0) is 43.0 Å². The number of hydrogen-bond donors (Lipinski definition) is 2. The highest BCUT2D eigenvalue weighted by molar-refractivity contribution is 14.0. The van der Waals surface area contributed by atoms with Crippen LogP contribution in [0.1, 0.15) is 30.5 Å². The Morgan fingerprint density at radius 1 is 1.00 bits per heavy atom. The van der Waals surface area contributed by atoms with Crippen LogP contribution in [-0.2, 0) is 24.3 Å². The second-order valence-electron chi connectivity index (χ2n) is 5.92. The monoisotopic (exact) mass is 485 g/mol. The van der Waals surface area contributed by atoms with Gasteiger partial charge in [-0.3, -0.25) is 0 Å². The maximum atomic E-state index is 13.7. The van der Waals surface area contributed by atoms with Crippen LogP contribution in [-0.4, -0.2) is 25.7 Å². The van der Waals surface area contributed by atoms with Gasteiger partial charge in [0.25, 0.3) is 0 Å². The number of guanidine groups is 1. The Morgan fingerprint density at radius 2 is 1.70 bits per heavy atom. The molecule has 0 heterocycles. The average Bonchev–Trinajstić information content (AvgIpc) is 2.67. The van der Waals surface area contributed by atoms with E-state index in [-0.39, 0.29) is 29.8 Å². The molecule has 2 N–H and O–H groups in total. The molecule has 0 aliphatic carbocycles. The molecule has 0 fully saturated rings. The van der Waals surface area contributed by atoms with Crippen molar-refractivity contribution in [2.24, 2.45) is 4.99 Å². The minimum absolute atomic E-state index is 0. The third-order valence-electron chi connectivity index (χ3n) is 3.90. The van der Waals surface area contributed by atoms with Gasteiger partial charge in [0.1, 0.15) is 5.82 Å². The molecule has 0 saturated heterocycles. The van der Waals surface area contributed by atoms with E-state index in [1.807, 2.05) is 26.0 Å². The lowest BCUT2D eigenvalue weighted by Crippen LogP contribution is -2.38. The molecule has 0 unspecified atom stereocenters. The lowest BCUT2D eigenvalue weighted by atomic mass is 10.1. The molecule has 0 aliphatic rings. The molecule has 0 atom stereocenters. The summed E-state index contributed by atoms with van der Waals surface area (Å²) in [6.45, 7) is 7.36. The number of aliphatic imine (C=N–C) groups is 1. The van der Waals surface area contributed by atoms with E-state index < -0.39 is 0 Å². The zero-order chi connectivity index (χ0) is 18.6. The second-order valence-corrected chi connectivity index (χ2v) is 5.92. The Hall–Kier alpha value is -1.67. The molecule has 2 aromatic carbocycles. The predicted octanol–water partition coefficient (Wildman–Crippen LogP) is 4.28. The average molecular weight is 485 g/mol. The van der Waals surface area contributed by atoms with Crippen molar-refractivity contribution in [3.05, 3.63) is 71.0 Å². The van der Waals surface area contributed by atoms with Gasteiger partial charge < -0.3 is 15.4 Å². The lowest BCUT2D eigenvalue weighted by Gasteiger charge is -2.12. The minimum atomic E-state index is -0.164. The molecule has 0 bridgehead atoms. The number of benzene rings is 2. The van der Waals surface area contributed by atoms with Crippen LogP contribution in [0.25, 0.3) is 0 Å². The molecule has 148 valence electrons. The first-order valence-electron chi connectivity index (χ1n) is 9.14. The highest BCUT2D eigenvalue weighted by atomic mass is 127. The quantitative estimate of drug-likeness (QED) is 0.317. The van der Waals surface area contributed by atoms with E-state index in [1.165, 1.54) is 6.07 Å². The highest BCUT2D eigenvalue weighted by Crippen LogP contribution is 2.08. The van der Waals surface area contributed by atoms with E-state index in [0.717, 1.165) is 30.2 Å². The Bertz CT molecular complexity index is 692. The summed E-state index contributed by atoms with van der Waals surface area (Å²) >= 11 is 0. The zero-order valence-electron chi connectivity index (χ0n) is 16.0. The SMILES string of the molecule is CCNC(=NCc1ccc(COCC)cc1)NCCc1ccccc1F.I. The van der Waals surface area contributed by atoms with Gasteiger partial charge in [0, 0.05) is 19.7 Å². The number of halogens is 2. The normalized spacial score (nSPS) is 11.0. The van der Waals surface area contributed by atoms with E-state index in [2.05, 4.69) is 39.9 Å². The smallest absolute Gasteiger partial charge is 0.191 e. The number of nitrogens with zero attached hydrogens (tertiary/aromatic N) is 1. The van der Waals surface area contributed by atoms with Crippen LogP contribution < -0.4 is 10.6 Å². The van der Waals surface area contributed by atoms with Crippen molar-refractivity contribution in [3.8, 4) is 0 Å². The summed E-state index contributed by atoms with van der Waals surface area (Å²) in [6, 6.07) is 15.1. The summed E-state index contributed by atoms with van der Waals surface area (Å²) < 4.78 is 19.1. The van der Waals surface area contributed by atoms with Gasteiger partial charge in [0.2, 0.25) is 0 Å². The topological polar surface area (TPSA) is 45.7 Å². The molecule has 0 amide bonds. The molecule has 6 heteroatoms. The number of ether oxygens (including phenoxy) is 1. The van der Waals surface area contributed by atoms with Gasteiger partial charge in [0.05, 0.1) is 13.2 Å². The number of nitrogens with one attached hydrogen (secondary N) is 2. The first kappa shape index (κ1) is 23.4. The molecule has 0 aromatic heterocycles. The molecule has 27 heavy (non-hydrogen) atoms. The fraction of sp³-hybridized carbons (Fsp3) is 0.381. The summed E-state index contributed by atoms with van der Waals surface area (Å²) in [5, 5.41) is 6.48. The van der Waals surface area contributed by atoms with Crippen LogP contribution in [0.3, 0.4) is 0 Å². The van der Waals surface area contributed by atoms with Gasteiger partial charge in [-0.1, -0.05) is 42.5 Å². The lowest BCUT2D eigenvalue weighted by molar-refractivity contribution is 0.134. The number of hydrogen-bond acceptors (Lipinski definition) is 2. The van der Waals surface area contributed by atoms with Crippen molar-refractivity contribution in [1.82, 2.24) is 10.6 Å². The van der Waals surface area contributed by atoms with Crippen molar-refractivity contribution in [2.75, 3.05) is 19.7 Å². The summed E-state index contributed by atoms with van der Waals surface area (Å²) in [5.74, 6) is 0.575. The first-order chi connectivity index (χ1) is 12.7. The number of rotatable bonds is 9. The summed E-state index contributed by atoms with van der Waals surface area (Å²) in [4.78, 5) is 4.60. The zero-order valence-corrected chi connectivity index (χ0v) is 18.3. The molecule has 0 radical (unpaired) electrons. The van der Waals surface area contributed by atoms with E-state index in [0.29, 0.717) is 31.7 Å². The van der Waals surface area contributed by atoms with Crippen LogP contribution in [0.2, 0.25) is 0 Å². The van der Waals surface area contributed by atoms with E-state index in [4.69, 9.17) is 4.74 Å². The molecule has 4 nitrogen and oxygen atoms in total. The van der Waals surface area contributed by atoms with Crippen LogP contribution in [0.15, 0.2) is 53.5 Å². The van der Waals surface area contributed by atoms with E-state index >= 15 is 0 Å². The van der Waals surface area contributed by atoms with Crippen molar-refractivity contribution in [2.45, 2.75) is 33.4 Å². The minimum Gasteiger partial charge on any atom is -0.377 e. The standard InChI is InChI=1S/C21H28FN3O.HI/c1-3-23-21(24-14-13-19-7-5-6-8-20(19)22)25-15-17-9-11-18(12-10-17)16-26-4-2;/h5-12H,3-4,13-16H2,1-2H3,(H2,23,24,25);1H. The molecular weight excluding hydrogens is 456 g/mol. The van der Waals surface area contributed by atoms with Crippen LogP contribution in [0.4, 0.5) is 4.39 Å². The van der Waals surface area contributed by atoms with Gasteiger partial charge in [-0.2, -0.15) is 0 Å². The fourth-order valence-electron chi connectivity index (χ4n) is 2.49. The van der Waals surface area contributed by atoms with Gasteiger partial charge in [-0.25, -0.2) is 9.38 Å². The molecule has 0 saturated carbocycles. The van der Waals surface area contributed by atoms with Gasteiger partial charge >= 0.3 is 0 Å². The summed E-state index contributed by atoms with van der Waals surface area (Å²) in [5.41, 5.74) is 3.01. The molecular formula is C21H29FIN3O. The van der Waals surface area contributed by atoms with Gasteiger partial charge in [-0.15, -0.1) is 24.0 Å². The third kappa shape index (κ3) is 8.71. The summed E-state index contributed by atoms with van der Waals surface area (Å²) in [6.07, 6.45) is 0.614. The Morgan fingerprint density at radius 3 is 2.37 bits per heavy atom. The molecule has 0 spiro atoms. The van der Waals surface area contributed by atoms with Crippen molar-refractivity contribution in [1.29, 1.82) is 0 Å². The van der Waals surface area contributed by atoms with Crippen molar-refractivity contribution >= 4 is 29.9 Å². The molecule has 2 aromatic rings. The van der Waals surface area contributed by atoms with E-state index in [9.17, 15) is 4.39 Å². The molecule has 2 rings (SSSR count). The highest BCUT2D eigenvalue weighted by Gasteiger charge is 2.02. The maximum absolute atomic E-state index is 13.7. The van der Waals surface area contributed by atoms with Crippen molar-refractivity contribution < 1.29 is 9.13 Å². The fourth-order valence-corrected chi connectivity index (χ4v) is 2.49. The third-order valence-corrected chi connectivity index (χ3v) is 3.90. The Kier molecular flexibility index (Phi) is 11.7. The van der Waals surface area contributed by atoms with E-state index in [1.54, 1.807) is 6.07 Å². The van der Waals surface area contributed by atoms with Gasteiger partial charge in [0.15, 0.2) is 5.96 Å².